The van der Waals surface area contributed by atoms with Crippen LogP contribution in [-0.4, -0.2) is 41.3 Å². The van der Waals surface area contributed by atoms with Gasteiger partial charge in [-0.05, 0) is 25.8 Å². The first-order valence-electron chi connectivity index (χ1n) is 7.59. The van der Waals surface area contributed by atoms with Crippen molar-refractivity contribution >= 4 is 5.91 Å². The van der Waals surface area contributed by atoms with Gasteiger partial charge >= 0.3 is 0 Å². The SMILES string of the molecule is Cc1ccccc1-c1noc(C)c1C(=O)N1C2COCC1C2. The number of carbonyl (C=O) groups excluding carboxylic acids is 1. The van der Waals surface area contributed by atoms with Crippen LogP contribution < -0.4 is 0 Å². The first-order valence-corrected chi connectivity index (χ1v) is 7.59. The fraction of sp³-hybridized carbons (Fsp3) is 0.412. The molecule has 2 aliphatic heterocycles. The molecule has 5 heteroatoms. The summed E-state index contributed by atoms with van der Waals surface area (Å²) in [4.78, 5) is 14.9. The fourth-order valence-electron chi connectivity index (χ4n) is 3.45. The van der Waals surface area contributed by atoms with E-state index in [4.69, 9.17) is 9.26 Å². The van der Waals surface area contributed by atoms with E-state index in [-0.39, 0.29) is 18.0 Å². The van der Waals surface area contributed by atoms with Crippen molar-refractivity contribution in [1.82, 2.24) is 10.1 Å². The van der Waals surface area contributed by atoms with Gasteiger partial charge in [0.25, 0.3) is 5.91 Å². The van der Waals surface area contributed by atoms with Gasteiger partial charge < -0.3 is 14.2 Å². The van der Waals surface area contributed by atoms with Crippen LogP contribution in [0.4, 0.5) is 0 Å². The summed E-state index contributed by atoms with van der Waals surface area (Å²) in [7, 11) is 0. The summed E-state index contributed by atoms with van der Waals surface area (Å²) in [5.74, 6) is 0.593. The molecule has 0 radical (unpaired) electrons. The molecule has 2 saturated heterocycles. The zero-order valence-electron chi connectivity index (χ0n) is 12.7. The number of aryl methyl sites for hydroxylation is 2. The van der Waals surface area contributed by atoms with Crippen LogP contribution in [0.3, 0.4) is 0 Å². The molecule has 114 valence electrons. The van der Waals surface area contributed by atoms with Gasteiger partial charge in [-0.1, -0.05) is 29.4 Å². The van der Waals surface area contributed by atoms with E-state index < -0.39 is 0 Å². The minimum atomic E-state index is 0.0153. The molecule has 2 bridgehead atoms. The van der Waals surface area contributed by atoms with Gasteiger partial charge in [-0.15, -0.1) is 0 Å². The zero-order valence-corrected chi connectivity index (χ0v) is 12.7. The molecule has 2 fully saturated rings. The maximum absolute atomic E-state index is 13.0. The van der Waals surface area contributed by atoms with Gasteiger partial charge in [0.2, 0.25) is 0 Å². The van der Waals surface area contributed by atoms with Crippen molar-refractivity contribution in [2.75, 3.05) is 13.2 Å². The Bertz CT molecular complexity index is 723. The summed E-state index contributed by atoms with van der Waals surface area (Å²) in [6.45, 7) is 5.08. The molecule has 1 amide bonds. The van der Waals surface area contributed by atoms with Crippen molar-refractivity contribution in [2.45, 2.75) is 32.4 Å². The van der Waals surface area contributed by atoms with Gasteiger partial charge in [-0.25, -0.2) is 0 Å². The number of morpholine rings is 1. The number of hydrogen-bond acceptors (Lipinski definition) is 4. The molecular weight excluding hydrogens is 280 g/mol. The molecule has 2 aromatic rings. The Morgan fingerprint density at radius 2 is 1.95 bits per heavy atom. The second-order valence-electron chi connectivity index (χ2n) is 6.07. The molecule has 0 aliphatic carbocycles. The van der Waals surface area contributed by atoms with Gasteiger partial charge in [0.1, 0.15) is 17.0 Å². The van der Waals surface area contributed by atoms with Crippen LogP contribution in [-0.2, 0) is 4.74 Å². The summed E-state index contributed by atoms with van der Waals surface area (Å²) in [6.07, 6.45) is 1.04. The molecule has 22 heavy (non-hydrogen) atoms. The first kappa shape index (κ1) is 13.5. The minimum Gasteiger partial charge on any atom is -0.377 e. The number of nitrogens with zero attached hydrogens (tertiary/aromatic N) is 2. The molecule has 0 N–H and O–H groups in total. The third kappa shape index (κ3) is 1.89. The highest BCUT2D eigenvalue weighted by molar-refractivity contribution is 6.01. The highest BCUT2D eigenvalue weighted by Crippen LogP contribution is 2.36. The quantitative estimate of drug-likeness (QED) is 0.855. The molecule has 1 aromatic carbocycles. The van der Waals surface area contributed by atoms with E-state index in [0.717, 1.165) is 17.5 Å². The number of amides is 1. The summed E-state index contributed by atoms with van der Waals surface area (Å²) >= 11 is 0. The van der Waals surface area contributed by atoms with Crippen LogP contribution in [0, 0.1) is 13.8 Å². The molecule has 4 rings (SSSR count). The van der Waals surface area contributed by atoms with Crippen molar-refractivity contribution < 1.29 is 14.1 Å². The van der Waals surface area contributed by atoms with E-state index in [1.807, 2.05) is 36.1 Å². The van der Waals surface area contributed by atoms with Gasteiger partial charge in [-0.2, -0.15) is 0 Å². The van der Waals surface area contributed by atoms with Crippen molar-refractivity contribution in [1.29, 1.82) is 0 Å². The van der Waals surface area contributed by atoms with E-state index in [1.165, 1.54) is 0 Å². The number of rotatable bonds is 2. The van der Waals surface area contributed by atoms with Crippen LogP contribution in [0.15, 0.2) is 28.8 Å². The number of ether oxygens (including phenoxy) is 1. The number of carbonyl (C=O) groups is 1. The van der Waals surface area contributed by atoms with Crippen molar-refractivity contribution in [2.24, 2.45) is 0 Å². The maximum Gasteiger partial charge on any atom is 0.260 e. The number of fused-ring (bicyclic) bond motifs is 2. The van der Waals surface area contributed by atoms with Gasteiger partial charge in [-0.3, -0.25) is 4.79 Å². The zero-order chi connectivity index (χ0) is 15.3. The maximum atomic E-state index is 13.0. The van der Waals surface area contributed by atoms with E-state index in [2.05, 4.69) is 5.16 Å². The summed E-state index contributed by atoms with van der Waals surface area (Å²) in [6, 6.07) is 8.32. The Morgan fingerprint density at radius 1 is 1.23 bits per heavy atom. The Balaban J connectivity index is 1.75. The van der Waals surface area contributed by atoms with E-state index in [9.17, 15) is 4.79 Å². The molecule has 5 nitrogen and oxygen atoms in total. The standard InChI is InChI=1S/C17H18N2O3/c1-10-5-3-4-6-14(10)16-15(11(2)22-18-16)17(20)19-12-7-13(19)9-21-8-12/h3-6,12-13H,7-9H2,1-2H3. The molecule has 2 atom stereocenters. The lowest BCUT2D eigenvalue weighted by molar-refractivity contribution is -0.104. The molecule has 3 heterocycles. The lowest BCUT2D eigenvalue weighted by Gasteiger charge is -2.52. The third-order valence-electron chi connectivity index (χ3n) is 4.66. The van der Waals surface area contributed by atoms with Gasteiger partial charge in [0.05, 0.1) is 25.3 Å². The van der Waals surface area contributed by atoms with Crippen molar-refractivity contribution in [3.63, 3.8) is 0 Å². The monoisotopic (exact) mass is 298 g/mol. The number of hydrogen-bond donors (Lipinski definition) is 0. The van der Waals surface area contributed by atoms with Crippen molar-refractivity contribution in [3.05, 3.63) is 41.2 Å². The van der Waals surface area contributed by atoms with E-state index in [0.29, 0.717) is 30.2 Å². The lowest BCUT2D eigenvalue weighted by atomic mass is 9.89. The predicted octanol–water partition coefficient (Wildman–Crippen LogP) is 2.57. The lowest BCUT2D eigenvalue weighted by Crippen LogP contribution is -2.65. The van der Waals surface area contributed by atoms with E-state index >= 15 is 0 Å². The topological polar surface area (TPSA) is 55.6 Å². The average Bonchev–Trinajstić information content (AvgIpc) is 2.90. The van der Waals surface area contributed by atoms with Gasteiger partial charge in [0, 0.05) is 5.56 Å². The van der Waals surface area contributed by atoms with E-state index in [1.54, 1.807) is 6.92 Å². The molecule has 1 aromatic heterocycles. The summed E-state index contributed by atoms with van der Waals surface area (Å²) < 4.78 is 10.8. The smallest absolute Gasteiger partial charge is 0.260 e. The predicted molar refractivity (Wildman–Crippen MR) is 80.6 cm³/mol. The van der Waals surface area contributed by atoms with Crippen LogP contribution in [0.1, 0.15) is 28.1 Å². The Kier molecular flexibility index (Phi) is 3.04. The molecule has 2 aliphatic rings. The second kappa shape index (κ2) is 4.95. The summed E-state index contributed by atoms with van der Waals surface area (Å²) in [5.41, 5.74) is 3.26. The first-order chi connectivity index (χ1) is 10.7. The highest BCUT2D eigenvalue weighted by atomic mass is 16.5. The van der Waals surface area contributed by atoms with Crippen LogP contribution >= 0.6 is 0 Å². The largest absolute Gasteiger partial charge is 0.377 e. The molecular formula is C17H18N2O3. The normalized spacial score (nSPS) is 23.3. The minimum absolute atomic E-state index is 0.0153. The number of aromatic nitrogens is 1. The van der Waals surface area contributed by atoms with Crippen LogP contribution in [0.25, 0.3) is 11.3 Å². The molecule has 2 unspecified atom stereocenters. The Hall–Kier alpha value is -2.14. The second-order valence-corrected chi connectivity index (χ2v) is 6.07. The van der Waals surface area contributed by atoms with Crippen LogP contribution in [0.2, 0.25) is 0 Å². The third-order valence-corrected chi connectivity index (χ3v) is 4.66. The highest BCUT2D eigenvalue weighted by Gasteiger charge is 2.46. The molecule has 0 spiro atoms. The van der Waals surface area contributed by atoms with Crippen molar-refractivity contribution in [3.8, 4) is 11.3 Å². The fourth-order valence-corrected chi connectivity index (χ4v) is 3.45. The average molecular weight is 298 g/mol. The Labute approximate surface area is 128 Å². The van der Waals surface area contributed by atoms with Gasteiger partial charge in [0.15, 0.2) is 0 Å². The number of benzene rings is 1. The Morgan fingerprint density at radius 3 is 2.64 bits per heavy atom. The summed E-state index contributed by atoms with van der Waals surface area (Å²) in [5, 5.41) is 4.15. The van der Waals surface area contributed by atoms with Crippen LogP contribution in [0.5, 0.6) is 0 Å². The molecule has 0 saturated carbocycles.